The molecule has 0 aromatic carbocycles. The molecule has 0 amide bonds. The molecule has 2 aliphatic carbocycles. The third-order valence-electron chi connectivity index (χ3n) is 4.00. The van der Waals surface area contributed by atoms with Gasteiger partial charge in [-0.1, -0.05) is 0 Å². The quantitative estimate of drug-likeness (QED) is 0.725. The highest BCUT2D eigenvalue weighted by atomic mass is 16.5. The molecule has 2 N–H and O–H groups in total. The smallest absolute Gasteiger partial charge is 0.306 e. The third-order valence-corrected chi connectivity index (χ3v) is 4.00. The van der Waals surface area contributed by atoms with Crippen molar-refractivity contribution >= 4 is 5.97 Å². The SMILES string of the molecule is CCOC(=O)CC1CC2(CCC1N)CC2. The molecule has 3 nitrogen and oxygen atoms in total. The molecule has 15 heavy (non-hydrogen) atoms. The molecule has 0 heterocycles. The van der Waals surface area contributed by atoms with Crippen molar-refractivity contribution in [3.05, 3.63) is 0 Å². The molecule has 1 spiro atoms. The van der Waals surface area contributed by atoms with Gasteiger partial charge in [0.05, 0.1) is 6.61 Å². The van der Waals surface area contributed by atoms with E-state index in [-0.39, 0.29) is 12.0 Å². The van der Waals surface area contributed by atoms with E-state index in [0.717, 1.165) is 12.8 Å². The van der Waals surface area contributed by atoms with E-state index in [1.807, 2.05) is 6.92 Å². The van der Waals surface area contributed by atoms with Gasteiger partial charge in [-0.15, -0.1) is 0 Å². The fraction of sp³-hybridized carbons (Fsp3) is 0.917. The minimum Gasteiger partial charge on any atom is -0.466 e. The molecule has 2 aliphatic rings. The molecule has 0 radical (unpaired) electrons. The van der Waals surface area contributed by atoms with Crippen molar-refractivity contribution < 1.29 is 9.53 Å². The monoisotopic (exact) mass is 211 g/mol. The summed E-state index contributed by atoms with van der Waals surface area (Å²) in [5.41, 5.74) is 6.64. The lowest BCUT2D eigenvalue weighted by molar-refractivity contribution is -0.144. The van der Waals surface area contributed by atoms with Gasteiger partial charge in [0.2, 0.25) is 0 Å². The Morgan fingerprint density at radius 1 is 1.47 bits per heavy atom. The van der Waals surface area contributed by atoms with E-state index < -0.39 is 0 Å². The highest BCUT2D eigenvalue weighted by Crippen LogP contribution is 2.57. The molecule has 0 aromatic rings. The zero-order chi connectivity index (χ0) is 10.9. The Labute approximate surface area is 91.4 Å². The predicted molar refractivity (Wildman–Crippen MR) is 58.2 cm³/mol. The maximum absolute atomic E-state index is 11.4. The van der Waals surface area contributed by atoms with Gasteiger partial charge in [0, 0.05) is 12.5 Å². The number of nitrogens with two attached hydrogens (primary N) is 1. The summed E-state index contributed by atoms with van der Waals surface area (Å²) in [6.45, 7) is 2.33. The van der Waals surface area contributed by atoms with E-state index in [4.69, 9.17) is 10.5 Å². The van der Waals surface area contributed by atoms with E-state index in [9.17, 15) is 4.79 Å². The van der Waals surface area contributed by atoms with Crippen molar-refractivity contribution in [1.29, 1.82) is 0 Å². The van der Waals surface area contributed by atoms with E-state index in [1.54, 1.807) is 0 Å². The van der Waals surface area contributed by atoms with Crippen LogP contribution in [0.2, 0.25) is 0 Å². The summed E-state index contributed by atoms with van der Waals surface area (Å²) >= 11 is 0. The van der Waals surface area contributed by atoms with E-state index >= 15 is 0 Å². The molecular formula is C12H21NO2. The minimum absolute atomic E-state index is 0.0735. The second-order valence-corrected chi connectivity index (χ2v) is 5.18. The zero-order valence-corrected chi connectivity index (χ0v) is 9.50. The molecule has 0 aliphatic heterocycles. The number of rotatable bonds is 3. The van der Waals surface area contributed by atoms with Crippen LogP contribution in [0.1, 0.15) is 45.4 Å². The topological polar surface area (TPSA) is 52.3 Å². The number of carbonyl (C=O) groups is 1. The van der Waals surface area contributed by atoms with Crippen molar-refractivity contribution in [2.75, 3.05) is 6.61 Å². The number of hydrogen-bond donors (Lipinski definition) is 1. The summed E-state index contributed by atoms with van der Waals surface area (Å²) < 4.78 is 4.99. The van der Waals surface area contributed by atoms with Crippen molar-refractivity contribution in [3.63, 3.8) is 0 Å². The van der Waals surface area contributed by atoms with Crippen LogP contribution in [0, 0.1) is 11.3 Å². The van der Waals surface area contributed by atoms with Crippen LogP contribution < -0.4 is 5.73 Å². The Kier molecular flexibility index (Phi) is 3.01. The molecule has 2 fully saturated rings. The number of hydrogen-bond acceptors (Lipinski definition) is 3. The number of carbonyl (C=O) groups excluding carboxylic acids is 1. The standard InChI is InChI=1S/C12H21NO2/c1-2-15-11(14)7-9-8-12(5-6-12)4-3-10(9)13/h9-10H,2-8,13H2,1H3. The summed E-state index contributed by atoms with van der Waals surface area (Å²) in [4.78, 5) is 11.4. The first kappa shape index (κ1) is 10.9. The molecule has 0 aromatic heterocycles. The highest BCUT2D eigenvalue weighted by Gasteiger charge is 2.48. The Balaban J connectivity index is 1.86. The van der Waals surface area contributed by atoms with Crippen LogP contribution in [0.5, 0.6) is 0 Å². The van der Waals surface area contributed by atoms with Gasteiger partial charge in [-0.2, -0.15) is 0 Å². The van der Waals surface area contributed by atoms with E-state index in [1.165, 1.54) is 19.3 Å². The summed E-state index contributed by atoms with van der Waals surface area (Å²) in [6, 6.07) is 0.209. The molecule has 2 atom stereocenters. The Morgan fingerprint density at radius 3 is 2.80 bits per heavy atom. The van der Waals surface area contributed by atoms with Crippen molar-refractivity contribution in [3.8, 4) is 0 Å². The van der Waals surface area contributed by atoms with Gasteiger partial charge in [-0.25, -0.2) is 0 Å². The Morgan fingerprint density at radius 2 is 2.20 bits per heavy atom. The number of esters is 1. The highest BCUT2D eigenvalue weighted by molar-refractivity contribution is 5.69. The molecule has 0 bridgehead atoms. The van der Waals surface area contributed by atoms with Crippen molar-refractivity contribution in [1.82, 2.24) is 0 Å². The molecule has 3 heteroatoms. The van der Waals surface area contributed by atoms with Crippen LogP contribution in [-0.4, -0.2) is 18.6 Å². The Bertz CT molecular complexity index is 248. The molecule has 0 saturated heterocycles. The van der Waals surface area contributed by atoms with Gasteiger partial charge < -0.3 is 10.5 Å². The maximum atomic E-state index is 11.4. The van der Waals surface area contributed by atoms with Gasteiger partial charge in [0.15, 0.2) is 0 Å². The van der Waals surface area contributed by atoms with Crippen molar-refractivity contribution in [2.45, 2.75) is 51.5 Å². The van der Waals surface area contributed by atoms with Crippen LogP contribution in [-0.2, 0) is 9.53 Å². The second kappa shape index (κ2) is 4.12. The fourth-order valence-corrected chi connectivity index (χ4v) is 2.81. The predicted octanol–water partition coefficient (Wildman–Crippen LogP) is 1.85. The zero-order valence-electron chi connectivity index (χ0n) is 9.50. The lowest BCUT2D eigenvalue weighted by Crippen LogP contribution is -2.38. The molecule has 2 rings (SSSR count). The second-order valence-electron chi connectivity index (χ2n) is 5.18. The summed E-state index contributed by atoms with van der Waals surface area (Å²) in [7, 11) is 0. The lowest BCUT2D eigenvalue weighted by Gasteiger charge is -2.33. The lowest BCUT2D eigenvalue weighted by atomic mass is 9.75. The average Bonchev–Trinajstić information content (AvgIpc) is 2.93. The average molecular weight is 211 g/mol. The first-order chi connectivity index (χ1) is 7.15. The van der Waals surface area contributed by atoms with Crippen molar-refractivity contribution in [2.24, 2.45) is 17.1 Å². The largest absolute Gasteiger partial charge is 0.466 e. The molecule has 86 valence electrons. The van der Waals surface area contributed by atoms with Crippen LogP contribution in [0.4, 0.5) is 0 Å². The van der Waals surface area contributed by atoms with Crippen LogP contribution >= 0.6 is 0 Å². The van der Waals surface area contributed by atoms with E-state index in [0.29, 0.717) is 24.4 Å². The van der Waals surface area contributed by atoms with Gasteiger partial charge in [-0.3, -0.25) is 4.79 Å². The van der Waals surface area contributed by atoms with Gasteiger partial charge in [0.1, 0.15) is 0 Å². The third kappa shape index (κ3) is 2.51. The van der Waals surface area contributed by atoms with E-state index in [2.05, 4.69) is 0 Å². The van der Waals surface area contributed by atoms with Gasteiger partial charge >= 0.3 is 5.97 Å². The first-order valence-electron chi connectivity index (χ1n) is 6.06. The Hall–Kier alpha value is -0.570. The van der Waals surface area contributed by atoms with Gasteiger partial charge in [0.25, 0.3) is 0 Å². The molecular weight excluding hydrogens is 190 g/mol. The molecule has 2 saturated carbocycles. The van der Waals surface area contributed by atoms with Gasteiger partial charge in [-0.05, 0) is 50.4 Å². The van der Waals surface area contributed by atoms with Crippen LogP contribution in [0.15, 0.2) is 0 Å². The minimum atomic E-state index is -0.0735. The number of ether oxygens (including phenoxy) is 1. The summed E-state index contributed by atoms with van der Waals surface area (Å²) in [6.07, 6.45) is 6.72. The first-order valence-corrected chi connectivity index (χ1v) is 6.06. The summed E-state index contributed by atoms with van der Waals surface area (Å²) in [5, 5.41) is 0. The maximum Gasteiger partial charge on any atom is 0.306 e. The summed E-state index contributed by atoms with van der Waals surface area (Å²) in [5.74, 6) is 0.288. The fourth-order valence-electron chi connectivity index (χ4n) is 2.81. The normalized spacial score (nSPS) is 32.7. The molecule has 2 unspecified atom stereocenters. The van der Waals surface area contributed by atoms with Crippen LogP contribution in [0.25, 0.3) is 0 Å². The van der Waals surface area contributed by atoms with Crippen LogP contribution in [0.3, 0.4) is 0 Å².